The Morgan fingerprint density at radius 3 is 2.32 bits per heavy atom. The lowest BCUT2D eigenvalue weighted by Crippen LogP contribution is -2.15. The molecule has 0 aliphatic heterocycles. The van der Waals surface area contributed by atoms with Gasteiger partial charge in [-0.3, -0.25) is 4.79 Å². The second kappa shape index (κ2) is 12.1. The maximum absolute atomic E-state index is 12.7. The van der Waals surface area contributed by atoms with Gasteiger partial charge in [0.05, 0.1) is 28.8 Å². The zero-order chi connectivity index (χ0) is 23.8. The highest BCUT2D eigenvalue weighted by Crippen LogP contribution is 2.33. The smallest absolute Gasteiger partial charge is 0.228 e. The molecular weight excluding hydrogens is 467 g/mol. The van der Waals surface area contributed by atoms with Crippen molar-refractivity contribution in [3.05, 3.63) is 82.3 Å². The molecule has 1 fully saturated rings. The number of benzene rings is 3. The predicted octanol–water partition coefficient (Wildman–Crippen LogP) is 8.27. The first-order chi connectivity index (χ1) is 16.6. The van der Waals surface area contributed by atoms with Gasteiger partial charge < -0.3 is 15.4 Å². The molecule has 0 aromatic heterocycles. The van der Waals surface area contributed by atoms with Crippen LogP contribution in [0.4, 0.5) is 17.1 Å². The first-order valence-corrected chi connectivity index (χ1v) is 12.7. The van der Waals surface area contributed by atoms with E-state index >= 15 is 0 Å². The molecular formula is C28H30Cl2N2O2. The number of carbonyl (C=O) groups excluding carboxylic acids is 1. The molecule has 4 nitrogen and oxygen atoms in total. The van der Waals surface area contributed by atoms with Crippen LogP contribution < -0.4 is 15.4 Å². The van der Waals surface area contributed by atoms with Crippen LogP contribution in [-0.2, 0) is 11.2 Å². The third-order valence-corrected chi connectivity index (χ3v) is 6.88. The van der Waals surface area contributed by atoms with Gasteiger partial charge in [0.1, 0.15) is 5.75 Å². The van der Waals surface area contributed by atoms with Crippen molar-refractivity contribution in [1.29, 1.82) is 0 Å². The summed E-state index contributed by atoms with van der Waals surface area (Å²) in [4.78, 5) is 12.7. The summed E-state index contributed by atoms with van der Waals surface area (Å²) in [5.41, 5.74) is 3.00. The molecule has 34 heavy (non-hydrogen) atoms. The second-order valence-electron chi connectivity index (χ2n) is 8.77. The minimum absolute atomic E-state index is 0.106. The summed E-state index contributed by atoms with van der Waals surface area (Å²) < 4.78 is 5.91. The average Bonchev–Trinajstić information content (AvgIpc) is 2.84. The summed E-state index contributed by atoms with van der Waals surface area (Å²) in [6.45, 7) is 0.746. The number of ether oxygens (including phenoxy) is 1. The molecule has 0 radical (unpaired) electrons. The SMILES string of the molecule is O=C(Cc1ccccc1Nc1c(Cl)cccc1Cl)Nc1ccc(OCCC2CCCCC2)cc1. The van der Waals surface area contributed by atoms with Crippen molar-refractivity contribution in [2.24, 2.45) is 5.92 Å². The van der Waals surface area contributed by atoms with Crippen molar-refractivity contribution in [1.82, 2.24) is 0 Å². The van der Waals surface area contributed by atoms with Crippen LogP contribution in [0, 0.1) is 5.92 Å². The number of para-hydroxylation sites is 2. The Hall–Kier alpha value is -2.69. The monoisotopic (exact) mass is 496 g/mol. The first kappa shape index (κ1) is 24.4. The average molecular weight is 497 g/mol. The van der Waals surface area contributed by atoms with Crippen molar-refractivity contribution >= 4 is 46.2 Å². The van der Waals surface area contributed by atoms with Gasteiger partial charge in [-0.2, -0.15) is 0 Å². The van der Waals surface area contributed by atoms with Crippen LogP contribution in [0.25, 0.3) is 0 Å². The maximum Gasteiger partial charge on any atom is 0.228 e. The number of hydrogen-bond donors (Lipinski definition) is 2. The Kier molecular flexibility index (Phi) is 8.73. The fraction of sp³-hybridized carbons (Fsp3) is 0.321. The molecule has 6 heteroatoms. The normalized spacial score (nSPS) is 13.9. The molecule has 0 unspecified atom stereocenters. The van der Waals surface area contributed by atoms with Crippen molar-refractivity contribution in [3.8, 4) is 5.75 Å². The van der Waals surface area contributed by atoms with Gasteiger partial charge in [-0.05, 0) is 60.4 Å². The molecule has 1 aliphatic carbocycles. The highest BCUT2D eigenvalue weighted by molar-refractivity contribution is 6.39. The van der Waals surface area contributed by atoms with E-state index in [1.54, 1.807) is 18.2 Å². The van der Waals surface area contributed by atoms with Crippen LogP contribution in [-0.4, -0.2) is 12.5 Å². The van der Waals surface area contributed by atoms with Gasteiger partial charge in [-0.1, -0.05) is 79.6 Å². The molecule has 0 saturated heterocycles. The molecule has 1 aliphatic rings. The topological polar surface area (TPSA) is 50.4 Å². The lowest BCUT2D eigenvalue weighted by Gasteiger charge is -2.21. The lowest BCUT2D eigenvalue weighted by atomic mass is 9.87. The van der Waals surface area contributed by atoms with E-state index < -0.39 is 0 Å². The Labute approximate surface area is 211 Å². The van der Waals surface area contributed by atoms with E-state index in [-0.39, 0.29) is 12.3 Å². The van der Waals surface area contributed by atoms with Crippen molar-refractivity contribution in [2.75, 3.05) is 17.2 Å². The highest BCUT2D eigenvalue weighted by atomic mass is 35.5. The van der Waals surface area contributed by atoms with Crippen LogP contribution >= 0.6 is 23.2 Å². The molecule has 0 bridgehead atoms. The summed E-state index contributed by atoms with van der Waals surface area (Å²) in [7, 11) is 0. The Bertz CT molecular complexity index is 1080. The van der Waals surface area contributed by atoms with Gasteiger partial charge in [0, 0.05) is 11.4 Å². The van der Waals surface area contributed by atoms with Crippen LogP contribution in [0.2, 0.25) is 10.0 Å². The number of carbonyl (C=O) groups is 1. The molecule has 2 N–H and O–H groups in total. The standard InChI is InChI=1S/C28H30Cl2N2O2/c29-24-10-6-11-25(30)28(24)32-26-12-5-4-9-21(26)19-27(33)31-22-13-15-23(16-14-22)34-18-17-20-7-2-1-3-8-20/h4-6,9-16,20,32H,1-3,7-8,17-19H2,(H,31,33). The summed E-state index contributed by atoms with van der Waals surface area (Å²) in [5.74, 6) is 1.53. The van der Waals surface area contributed by atoms with Crippen LogP contribution in [0.15, 0.2) is 66.7 Å². The van der Waals surface area contributed by atoms with Crippen LogP contribution in [0.3, 0.4) is 0 Å². The zero-order valence-electron chi connectivity index (χ0n) is 19.2. The van der Waals surface area contributed by atoms with E-state index in [0.717, 1.165) is 41.6 Å². The lowest BCUT2D eigenvalue weighted by molar-refractivity contribution is -0.115. The fourth-order valence-electron chi connectivity index (χ4n) is 4.38. The fourth-order valence-corrected chi connectivity index (χ4v) is 4.87. The van der Waals surface area contributed by atoms with Crippen LogP contribution in [0.1, 0.15) is 44.1 Å². The summed E-state index contributed by atoms with van der Waals surface area (Å²) in [6, 6.07) is 20.5. The second-order valence-corrected chi connectivity index (χ2v) is 9.58. The van der Waals surface area contributed by atoms with Crippen molar-refractivity contribution in [3.63, 3.8) is 0 Å². The maximum atomic E-state index is 12.7. The minimum Gasteiger partial charge on any atom is -0.494 e. The zero-order valence-corrected chi connectivity index (χ0v) is 20.7. The summed E-state index contributed by atoms with van der Waals surface area (Å²) in [5, 5.41) is 7.28. The van der Waals surface area contributed by atoms with E-state index in [1.165, 1.54) is 32.1 Å². The highest BCUT2D eigenvalue weighted by Gasteiger charge is 2.14. The van der Waals surface area contributed by atoms with Gasteiger partial charge in [0.25, 0.3) is 0 Å². The van der Waals surface area contributed by atoms with Crippen LogP contribution in [0.5, 0.6) is 5.75 Å². The Morgan fingerprint density at radius 1 is 0.882 bits per heavy atom. The molecule has 4 rings (SSSR count). The van der Waals surface area contributed by atoms with E-state index in [0.29, 0.717) is 15.7 Å². The van der Waals surface area contributed by atoms with E-state index in [9.17, 15) is 4.79 Å². The number of anilines is 3. The van der Waals surface area contributed by atoms with E-state index in [1.807, 2.05) is 48.5 Å². The van der Waals surface area contributed by atoms with Crippen molar-refractivity contribution in [2.45, 2.75) is 44.9 Å². The third-order valence-electron chi connectivity index (χ3n) is 6.25. The minimum atomic E-state index is -0.106. The molecule has 0 spiro atoms. The molecule has 1 saturated carbocycles. The Balaban J connectivity index is 1.30. The molecule has 0 atom stereocenters. The van der Waals surface area contributed by atoms with Gasteiger partial charge in [-0.25, -0.2) is 0 Å². The third kappa shape index (κ3) is 6.91. The molecule has 1 amide bonds. The molecule has 0 heterocycles. The number of halogens is 2. The number of nitrogens with one attached hydrogen (secondary N) is 2. The quantitative estimate of drug-likeness (QED) is 0.313. The summed E-state index contributed by atoms with van der Waals surface area (Å²) >= 11 is 12.6. The largest absolute Gasteiger partial charge is 0.494 e. The van der Waals surface area contributed by atoms with E-state index in [4.69, 9.17) is 27.9 Å². The number of amides is 1. The van der Waals surface area contributed by atoms with Gasteiger partial charge in [0.2, 0.25) is 5.91 Å². The predicted molar refractivity (Wildman–Crippen MR) is 142 cm³/mol. The molecule has 3 aromatic rings. The number of rotatable bonds is 9. The van der Waals surface area contributed by atoms with Gasteiger partial charge >= 0.3 is 0 Å². The van der Waals surface area contributed by atoms with Gasteiger partial charge in [0.15, 0.2) is 0 Å². The molecule has 3 aromatic carbocycles. The van der Waals surface area contributed by atoms with E-state index in [2.05, 4.69) is 10.6 Å². The Morgan fingerprint density at radius 2 is 1.59 bits per heavy atom. The first-order valence-electron chi connectivity index (χ1n) is 11.9. The molecule has 178 valence electrons. The van der Waals surface area contributed by atoms with Crippen molar-refractivity contribution < 1.29 is 9.53 Å². The number of hydrogen-bond acceptors (Lipinski definition) is 3. The van der Waals surface area contributed by atoms with Gasteiger partial charge in [-0.15, -0.1) is 0 Å². The summed E-state index contributed by atoms with van der Waals surface area (Å²) in [6.07, 6.45) is 8.08.